The van der Waals surface area contributed by atoms with E-state index >= 15 is 0 Å². The molecule has 0 bridgehead atoms. The van der Waals surface area contributed by atoms with Crippen LogP contribution in [0.5, 0.6) is 5.88 Å². The summed E-state index contributed by atoms with van der Waals surface area (Å²) >= 11 is 0. The molecule has 0 unspecified atom stereocenters. The Balaban J connectivity index is 1.89. The van der Waals surface area contributed by atoms with Crippen LogP contribution in [0, 0.1) is 17.2 Å². The number of aromatic nitrogens is 1. The topological polar surface area (TPSA) is 57.9 Å². The molecule has 16 heavy (non-hydrogen) atoms. The van der Waals surface area contributed by atoms with Crippen LogP contribution in [-0.2, 0) is 0 Å². The van der Waals surface area contributed by atoms with Crippen LogP contribution in [0.25, 0.3) is 0 Å². The lowest BCUT2D eigenvalue weighted by atomic mass is 9.82. The van der Waals surface area contributed by atoms with Gasteiger partial charge in [-0.05, 0) is 44.5 Å². The average Bonchev–Trinajstić information content (AvgIpc) is 2.27. The number of hydrogen-bond donors (Lipinski definition) is 1. The van der Waals surface area contributed by atoms with Gasteiger partial charge in [-0.25, -0.2) is 4.98 Å². The fourth-order valence-electron chi connectivity index (χ4n) is 1.95. The van der Waals surface area contributed by atoms with Gasteiger partial charge in [0.1, 0.15) is 17.7 Å². The molecule has 2 rings (SSSR count). The van der Waals surface area contributed by atoms with Crippen molar-refractivity contribution in [3.05, 3.63) is 23.9 Å². The van der Waals surface area contributed by atoms with Gasteiger partial charge in [-0.2, -0.15) is 5.26 Å². The van der Waals surface area contributed by atoms with Crippen LogP contribution in [-0.4, -0.2) is 24.7 Å². The lowest BCUT2D eigenvalue weighted by Crippen LogP contribution is -2.38. The maximum atomic E-state index is 8.88. The number of nitrogens with one attached hydrogen (secondary N) is 1. The SMILES string of the molecule is CNCC1CC(Oc2ncccc2C#N)C1. The molecule has 0 amide bonds. The number of pyridine rings is 1. The van der Waals surface area contributed by atoms with Gasteiger partial charge < -0.3 is 10.1 Å². The predicted octanol–water partition coefficient (Wildman–Crippen LogP) is 1.33. The van der Waals surface area contributed by atoms with Crippen LogP contribution in [0.3, 0.4) is 0 Å². The molecule has 84 valence electrons. The van der Waals surface area contributed by atoms with E-state index in [1.165, 1.54) is 0 Å². The maximum absolute atomic E-state index is 8.88. The fraction of sp³-hybridized carbons (Fsp3) is 0.500. The van der Waals surface area contributed by atoms with E-state index in [9.17, 15) is 0 Å². The third kappa shape index (κ3) is 2.31. The van der Waals surface area contributed by atoms with Crippen molar-refractivity contribution >= 4 is 0 Å². The van der Waals surface area contributed by atoms with Crippen LogP contribution in [0.1, 0.15) is 18.4 Å². The summed E-state index contributed by atoms with van der Waals surface area (Å²) in [6.07, 6.45) is 3.96. The normalized spacial score (nSPS) is 23.2. The van der Waals surface area contributed by atoms with Gasteiger partial charge in [-0.3, -0.25) is 0 Å². The van der Waals surface area contributed by atoms with Gasteiger partial charge in [0.2, 0.25) is 5.88 Å². The Hall–Kier alpha value is -1.60. The van der Waals surface area contributed by atoms with Gasteiger partial charge in [0.25, 0.3) is 0 Å². The summed E-state index contributed by atoms with van der Waals surface area (Å²) in [5.74, 6) is 1.17. The Kier molecular flexibility index (Phi) is 3.37. The molecule has 0 saturated heterocycles. The zero-order chi connectivity index (χ0) is 11.4. The van der Waals surface area contributed by atoms with Gasteiger partial charge in [0.05, 0.1) is 0 Å². The van der Waals surface area contributed by atoms with Crippen LogP contribution in [0.15, 0.2) is 18.3 Å². The third-order valence-corrected chi connectivity index (χ3v) is 2.86. The van der Waals surface area contributed by atoms with E-state index in [0.29, 0.717) is 17.4 Å². The molecule has 1 aromatic heterocycles. The zero-order valence-electron chi connectivity index (χ0n) is 9.31. The molecule has 1 N–H and O–H groups in total. The molecule has 1 aromatic rings. The van der Waals surface area contributed by atoms with E-state index < -0.39 is 0 Å². The summed E-state index contributed by atoms with van der Waals surface area (Å²) in [4.78, 5) is 4.08. The van der Waals surface area contributed by atoms with E-state index in [1.54, 1.807) is 18.3 Å². The minimum absolute atomic E-state index is 0.223. The Morgan fingerprint density at radius 1 is 1.62 bits per heavy atom. The van der Waals surface area contributed by atoms with Crippen molar-refractivity contribution in [2.24, 2.45) is 5.92 Å². The number of ether oxygens (including phenoxy) is 1. The van der Waals surface area contributed by atoms with Crippen molar-refractivity contribution in [2.75, 3.05) is 13.6 Å². The van der Waals surface area contributed by atoms with Gasteiger partial charge in [0, 0.05) is 6.20 Å². The molecule has 4 heteroatoms. The van der Waals surface area contributed by atoms with Gasteiger partial charge in [-0.15, -0.1) is 0 Å². The third-order valence-electron chi connectivity index (χ3n) is 2.86. The second kappa shape index (κ2) is 4.95. The molecule has 1 fully saturated rings. The largest absolute Gasteiger partial charge is 0.473 e. The Morgan fingerprint density at radius 2 is 2.44 bits per heavy atom. The van der Waals surface area contributed by atoms with Crippen LogP contribution in [0.4, 0.5) is 0 Å². The average molecular weight is 217 g/mol. The molecule has 0 spiro atoms. The molecule has 1 aliphatic rings. The smallest absolute Gasteiger partial charge is 0.231 e. The molecule has 0 atom stereocenters. The van der Waals surface area contributed by atoms with E-state index in [0.717, 1.165) is 19.4 Å². The van der Waals surface area contributed by atoms with E-state index in [-0.39, 0.29) is 6.10 Å². The van der Waals surface area contributed by atoms with Crippen molar-refractivity contribution in [3.63, 3.8) is 0 Å². The minimum Gasteiger partial charge on any atom is -0.473 e. The highest BCUT2D eigenvalue weighted by Gasteiger charge is 2.30. The van der Waals surface area contributed by atoms with Crippen LogP contribution in [0.2, 0.25) is 0 Å². The first-order valence-electron chi connectivity index (χ1n) is 5.50. The minimum atomic E-state index is 0.223. The Morgan fingerprint density at radius 3 is 3.12 bits per heavy atom. The molecule has 1 saturated carbocycles. The van der Waals surface area contributed by atoms with Crippen molar-refractivity contribution in [1.82, 2.24) is 10.3 Å². The first-order valence-corrected chi connectivity index (χ1v) is 5.50. The number of rotatable bonds is 4. The fourth-order valence-corrected chi connectivity index (χ4v) is 1.95. The monoisotopic (exact) mass is 217 g/mol. The Bertz CT molecular complexity index is 393. The van der Waals surface area contributed by atoms with Crippen LogP contribution >= 0.6 is 0 Å². The molecular weight excluding hydrogens is 202 g/mol. The van der Waals surface area contributed by atoms with E-state index in [4.69, 9.17) is 10.00 Å². The molecule has 0 radical (unpaired) electrons. The molecule has 4 nitrogen and oxygen atoms in total. The molecule has 1 aliphatic carbocycles. The van der Waals surface area contributed by atoms with Crippen molar-refractivity contribution < 1.29 is 4.74 Å². The number of nitrogens with zero attached hydrogens (tertiary/aromatic N) is 2. The van der Waals surface area contributed by atoms with Crippen molar-refractivity contribution in [1.29, 1.82) is 5.26 Å². The van der Waals surface area contributed by atoms with Crippen LogP contribution < -0.4 is 10.1 Å². The molecule has 1 heterocycles. The second-order valence-electron chi connectivity index (χ2n) is 4.10. The lowest BCUT2D eigenvalue weighted by Gasteiger charge is -2.34. The summed E-state index contributed by atoms with van der Waals surface area (Å²) in [5, 5.41) is 12.0. The molecule has 0 aromatic carbocycles. The van der Waals surface area contributed by atoms with E-state index in [1.807, 2.05) is 7.05 Å². The zero-order valence-corrected chi connectivity index (χ0v) is 9.31. The summed E-state index contributed by atoms with van der Waals surface area (Å²) in [6.45, 7) is 1.03. The lowest BCUT2D eigenvalue weighted by molar-refractivity contribution is 0.0614. The summed E-state index contributed by atoms with van der Waals surface area (Å²) in [6, 6.07) is 5.56. The van der Waals surface area contributed by atoms with Crippen molar-refractivity contribution in [3.8, 4) is 11.9 Å². The second-order valence-corrected chi connectivity index (χ2v) is 4.10. The van der Waals surface area contributed by atoms with Crippen molar-refractivity contribution in [2.45, 2.75) is 18.9 Å². The van der Waals surface area contributed by atoms with Gasteiger partial charge in [0.15, 0.2) is 0 Å². The first kappa shape index (κ1) is 10.9. The number of nitriles is 1. The highest BCUT2D eigenvalue weighted by Crippen LogP contribution is 2.30. The first-order chi connectivity index (χ1) is 7.83. The van der Waals surface area contributed by atoms with Gasteiger partial charge >= 0.3 is 0 Å². The number of hydrogen-bond acceptors (Lipinski definition) is 4. The summed E-state index contributed by atoms with van der Waals surface area (Å²) in [5.41, 5.74) is 0.513. The highest BCUT2D eigenvalue weighted by atomic mass is 16.5. The molecular formula is C12H15N3O. The maximum Gasteiger partial charge on any atom is 0.231 e. The Labute approximate surface area is 95.3 Å². The summed E-state index contributed by atoms with van der Waals surface area (Å²) < 4.78 is 5.69. The molecule has 0 aliphatic heterocycles. The predicted molar refractivity (Wildman–Crippen MR) is 60.0 cm³/mol. The standard InChI is InChI=1S/C12H15N3O/c1-14-8-9-5-11(6-9)16-12-10(7-13)3-2-4-15-12/h2-4,9,11,14H,5-6,8H2,1H3. The summed E-state index contributed by atoms with van der Waals surface area (Å²) in [7, 11) is 1.96. The highest BCUT2D eigenvalue weighted by molar-refractivity contribution is 5.37. The quantitative estimate of drug-likeness (QED) is 0.826. The van der Waals surface area contributed by atoms with E-state index in [2.05, 4.69) is 16.4 Å². The van der Waals surface area contributed by atoms with Gasteiger partial charge in [-0.1, -0.05) is 0 Å².